The third-order valence-electron chi connectivity index (χ3n) is 7.08. The van der Waals surface area contributed by atoms with Crippen LogP contribution in [0.1, 0.15) is 69.9 Å². The van der Waals surface area contributed by atoms with Gasteiger partial charge < -0.3 is 0 Å². The minimum atomic E-state index is -0.826. The summed E-state index contributed by atoms with van der Waals surface area (Å²) in [6.45, 7) is 11.1. The maximum Gasteiger partial charge on any atom is -0.0809 e. The molecule has 0 aliphatic rings. The molecule has 0 N–H and O–H groups in total. The molecule has 0 fully saturated rings. The zero-order valence-electron chi connectivity index (χ0n) is 24.8. The van der Waals surface area contributed by atoms with Crippen molar-refractivity contribution in [3.8, 4) is 11.1 Å². The van der Waals surface area contributed by atoms with Crippen LogP contribution < -0.4 is 0 Å². The molecule has 0 aliphatic carbocycles. The van der Waals surface area contributed by atoms with Crippen molar-refractivity contribution in [1.29, 1.82) is 0 Å². The molecule has 0 aliphatic heterocycles. The zero-order chi connectivity index (χ0) is 29.2. The minimum Gasteiger partial charge on any atom is -0.168 e. The van der Waals surface area contributed by atoms with Crippen LogP contribution in [-0.2, 0) is 27.3 Å². The van der Waals surface area contributed by atoms with Crippen LogP contribution in [0.25, 0.3) is 32.7 Å². The summed E-state index contributed by atoms with van der Waals surface area (Å²) in [6, 6.07) is 35.4. The quantitative estimate of drug-likeness (QED) is 0.0878. The fraction of sp³-hybridized carbons (Fsp3) is 0.333. The fourth-order valence-electron chi connectivity index (χ4n) is 4.75. The van der Waals surface area contributed by atoms with E-state index in [9.17, 15) is 0 Å². The summed E-state index contributed by atoms with van der Waals surface area (Å²) in [5.74, 6) is 0.637. The number of unbranched alkanes of at least 4 members (excludes halogenated alkanes) is 3. The number of aryl methyl sites for hydroxylation is 1. The molecule has 0 bridgehead atoms. The molecule has 5 rings (SSSR count). The molecule has 1 atom stereocenters. The van der Waals surface area contributed by atoms with Crippen molar-refractivity contribution >= 4 is 48.1 Å². The minimum absolute atomic E-state index is 0.637. The molecule has 0 saturated heterocycles. The van der Waals surface area contributed by atoms with Crippen molar-refractivity contribution in [2.75, 3.05) is 0 Å². The Bertz CT molecular complexity index is 1300. The van der Waals surface area contributed by atoms with Gasteiger partial charge in [0, 0.05) is 9.52 Å². The van der Waals surface area contributed by atoms with Gasteiger partial charge in [0.2, 0.25) is 0 Å². The Morgan fingerprint density at radius 1 is 0.825 bits per heavy atom. The molecule has 0 aromatic heterocycles. The first-order valence-electron chi connectivity index (χ1n) is 14.5. The van der Waals surface area contributed by atoms with Crippen molar-refractivity contribution in [2.45, 2.75) is 78.3 Å². The third kappa shape index (κ3) is 11.4. The van der Waals surface area contributed by atoms with Gasteiger partial charge in [0.15, 0.2) is 0 Å². The van der Waals surface area contributed by atoms with Gasteiger partial charge in [-0.05, 0) is 29.9 Å². The standard InChI is InChI=1S/C25H31.C9H7.C2H6Si.2ClH.Zr/c1-4-6-7-8-10-20-17-23-11-9-12-24(25(23)18-20)22-15-13-21(14-16-22)19(3)5-2;1-2-5-9-7-3-6-8(9)4-1;1-3-2;;;/h9,11-19H,4-8,10H2,1-3H3;1-7H;1-2H3;2*1H;/q2*-1;;;;+4/p-2. The summed E-state index contributed by atoms with van der Waals surface area (Å²) in [6.07, 6.45) is 7.72. The van der Waals surface area contributed by atoms with E-state index in [4.69, 9.17) is 17.0 Å². The first kappa shape index (κ1) is 34.8. The van der Waals surface area contributed by atoms with Crippen LogP contribution in [0.5, 0.6) is 0 Å². The Morgan fingerprint density at radius 3 is 2.15 bits per heavy atom. The van der Waals surface area contributed by atoms with E-state index in [1.807, 2.05) is 0 Å². The van der Waals surface area contributed by atoms with Gasteiger partial charge in [-0.25, -0.2) is 0 Å². The summed E-state index contributed by atoms with van der Waals surface area (Å²) in [5.41, 5.74) is 5.64. The van der Waals surface area contributed by atoms with Crippen molar-refractivity contribution in [3.63, 3.8) is 0 Å². The maximum atomic E-state index is 4.93. The van der Waals surface area contributed by atoms with Gasteiger partial charge in [-0.3, -0.25) is 0 Å². The smallest absolute Gasteiger partial charge is 0.0809 e. The summed E-state index contributed by atoms with van der Waals surface area (Å²) < 4.78 is 0. The predicted octanol–water partition coefficient (Wildman–Crippen LogP) is 12.6. The SMILES string of the molecule is CCCCCCc1cc2c(-c3ccc(C(C)CC)cc3)cccc2[cH-]1.C[Si]C.[Cl][Zr+2][Cl].c1ccc2[cH-]ccc2c1. The maximum absolute atomic E-state index is 4.93. The number of halogens is 2. The zero-order valence-corrected chi connectivity index (χ0v) is 29.8. The molecule has 0 amide bonds. The average molecular weight is 667 g/mol. The Balaban J connectivity index is 0.000000305. The van der Waals surface area contributed by atoms with E-state index in [1.165, 1.54) is 82.3 Å². The molecule has 0 heterocycles. The largest absolute Gasteiger partial charge is 0.168 e. The number of hydrogen-bond donors (Lipinski definition) is 0. The number of fused-ring (bicyclic) bond motifs is 2. The normalized spacial score (nSPS) is 10.9. The number of benzene rings is 3. The van der Waals surface area contributed by atoms with Crippen LogP contribution in [0, 0.1) is 0 Å². The van der Waals surface area contributed by atoms with Crippen molar-refractivity contribution < 1.29 is 20.8 Å². The molecule has 210 valence electrons. The van der Waals surface area contributed by atoms with Crippen LogP contribution in [0.15, 0.2) is 97.1 Å². The van der Waals surface area contributed by atoms with Gasteiger partial charge in [-0.1, -0.05) is 102 Å². The van der Waals surface area contributed by atoms with Crippen LogP contribution in [0.3, 0.4) is 0 Å². The van der Waals surface area contributed by atoms with Crippen LogP contribution in [-0.4, -0.2) is 9.52 Å². The second-order valence-electron chi connectivity index (χ2n) is 10.1. The van der Waals surface area contributed by atoms with E-state index >= 15 is 0 Å². The van der Waals surface area contributed by atoms with E-state index in [2.05, 4.69) is 131 Å². The molecule has 5 aromatic rings. The molecule has 0 spiro atoms. The molecular formula is C36H44Cl2SiZr. The summed E-state index contributed by atoms with van der Waals surface area (Å²) >= 11 is -0.826. The monoisotopic (exact) mass is 664 g/mol. The fourth-order valence-corrected chi connectivity index (χ4v) is 4.75. The first-order valence-corrected chi connectivity index (χ1v) is 22.8. The predicted molar refractivity (Wildman–Crippen MR) is 180 cm³/mol. The molecule has 0 nitrogen and oxygen atoms in total. The molecule has 0 saturated carbocycles. The van der Waals surface area contributed by atoms with Gasteiger partial charge in [0.25, 0.3) is 0 Å². The van der Waals surface area contributed by atoms with Crippen LogP contribution >= 0.6 is 17.0 Å². The van der Waals surface area contributed by atoms with E-state index in [0.29, 0.717) is 5.92 Å². The molecule has 4 heteroatoms. The molecular weight excluding hydrogens is 623 g/mol. The van der Waals surface area contributed by atoms with Crippen molar-refractivity contribution in [1.82, 2.24) is 0 Å². The average Bonchev–Trinajstić information content (AvgIpc) is 3.63. The molecule has 40 heavy (non-hydrogen) atoms. The van der Waals surface area contributed by atoms with Gasteiger partial charge in [-0.2, -0.15) is 23.6 Å². The number of hydrogen-bond acceptors (Lipinski definition) is 0. The summed E-state index contributed by atoms with van der Waals surface area (Å²) in [7, 11) is 11.0. The first-order chi connectivity index (χ1) is 19.5. The van der Waals surface area contributed by atoms with Crippen molar-refractivity contribution in [3.05, 3.63) is 108 Å². The van der Waals surface area contributed by atoms with Crippen molar-refractivity contribution in [2.24, 2.45) is 0 Å². The summed E-state index contributed by atoms with van der Waals surface area (Å²) in [5, 5.41) is 5.45. The Morgan fingerprint density at radius 2 is 1.50 bits per heavy atom. The third-order valence-corrected chi connectivity index (χ3v) is 7.08. The second-order valence-corrected chi connectivity index (χ2v) is 14.9. The van der Waals surface area contributed by atoms with E-state index in [-0.39, 0.29) is 0 Å². The van der Waals surface area contributed by atoms with Crippen LogP contribution in [0.2, 0.25) is 13.1 Å². The number of rotatable bonds is 8. The van der Waals surface area contributed by atoms with Crippen LogP contribution in [0.4, 0.5) is 0 Å². The molecule has 1 unspecified atom stereocenters. The topological polar surface area (TPSA) is 0 Å². The van der Waals surface area contributed by atoms with E-state index in [0.717, 1.165) is 9.52 Å². The van der Waals surface area contributed by atoms with Gasteiger partial charge >= 0.3 is 37.9 Å². The Labute approximate surface area is 264 Å². The summed E-state index contributed by atoms with van der Waals surface area (Å²) in [4.78, 5) is 0. The van der Waals surface area contributed by atoms with E-state index in [1.54, 1.807) is 0 Å². The van der Waals surface area contributed by atoms with Gasteiger partial charge in [0.1, 0.15) is 0 Å². The van der Waals surface area contributed by atoms with Gasteiger partial charge in [0.05, 0.1) is 0 Å². The van der Waals surface area contributed by atoms with E-state index < -0.39 is 20.8 Å². The second kappa shape index (κ2) is 20.4. The van der Waals surface area contributed by atoms with Gasteiger partial charge in [-0.15, -0.1) is 64.2 Å². The molecule has 2 radical (unpaired) electrons. The Hall–Kier alpha value is -1.44. The molecule has 5 aromatic carbocycles. The Kier molecular flexibility index (Phi) is 17.8.